The molecule has 0 spiro atoms. The smallest absolute Gasteiger partial charge is 0.329 e. The summed E-state index contributed by atoms with van der Waals surface area (Å²) in [5.41, 5.74) is 5.67. The molecular weight excluding hydrogens is 709 g/mol. The fourth-order valence-corrected chi connectivity index (χ4v) is 6.94. The van der Waals surface area contributed by atoms with Gasteiger partial charge in [0.1, 0.15) is 12.2 Å². The minimum atomic E-state index is -1.04. The maximum absolute atomic E-state index is 13.4. The second kappa shape index (κ2) is 14.3. The Morgan fingerprint density at radius 2 is 1.85 bits per heavy atom. The molecule has 1 saturated carbocycles. The molecule has 282 valence electrons. The van der Waals surface area contributed by atoms with E-state index in [0.29, 0.717) is 57.8 Å². The molecule has 3 atom stereocenters. The molecule has 55 heavy (non-hydrogen) atoms. The Morgan fingerprint density at radius 1 is 1.02 bits per heavy atom. The van der Waals surface area contributed by atoms with Crippen LogP contribution >= 0.6 is 0 Å². The molecule has 2 aliphatic rings. The molecule has 6 aromatic rings. The van der Waals surface area contributed by atoms with E-state index in [2.05, 4.69) is 36.4 Å². The number of fused-ring (bicyclic) bond motifs is 2. The third-order valence-electron chi connectivity index (χ3n) is 10.1. The Balaban J connectivity index is 0.889. The number of carbonyl (C=O) groups is 4. The number of imidazole rings is 2. The monoisotopic (exact) mass is 747 g/mol. The summed E-state index contributed by atoms with van der Waals surface area (Å²) < 4.78 is 19.5. The molecule has 1 aliphatic carbocycles. The summed E-state index contributed by atoms with van der Waals surface area (Å²) in [5.74, 6) is -1.47. The number of benzene rings is 2. The van der Waals surface area contributed by atoms with Gasteiger partial charge in [0.2, 0.25) is 11.8 Å². The molecule has 16 nitrogen and oxygen atoms in total. The highest BCUT2D eigenvalue weighted by molar-refractivity contribution is 6.00. The van der Waals surface area contributed by atoms with E-state index in [1.54, 1.807) is 55.4 Å². The summed E-state index contributed by atoms with van der Waals surface area (Å²) in [6.45, 7) is 0.465. The van der Waals surface area contributed by atoms with Crippen molar-refractivity contribution in [2.24, 2.45) is 7.05 Å². The Morgan fingerprint density at radius 3 is 2.64 bits per heavy atom. The number of amides is 4. The van der Waals surface area contributed by atoms with E-state index in [0.717, 1.165) is 24.8 Å². The molecule has 1 unspecified atom stereocenters. The van der Waals surface area contributed by atoms with Crippen molar-refractivity contribution in [3.05, 3.63) is 94.4 Å². The van der Waals surface area contributed by atoms with E-state index in [1.165, 1.54) is 19.8 Å². The Hall–Kier alpha value is -6.65. The van der Waals surface area contributed by atoms with E-state index >= 15 is 0 Å². The highest BCUT2D eigenvalue weighted by atomic mass is 19.1. The van der Waals surface area contributed by atoms with Gasteiger partial charge in [-0.25, -0.2) is 23.4 Å². The lowest BCUT2D eigenvalue weighted by molar-refractivity contribution is -0.135. The number of aryl methyl sites for hydroxylation is 2. The van der Waals surface area contributed by atoms with Crippen LogP contribution in [-0.2, 0) is 23.1 Å². The number of alkyl halides is 1. The number of anilines is 1. The van der Waals surface area contributed by atoms with Gasteiger partial charge >= 0.3 is 5.69 Å². The van der Waals surface area contributed by atoms with Crippen LogP contribution in [0, 0.1) is 0 Å². The number of piperidine rings is 1. The van der Waals surface area contributed by atoms with Gasteiger partial charge in [0.15, 0.2) is 11.3 Å². The average molecular weight is 748 g/mol. The van der Waals surface area contributed by atoms with Crippen molar-refractivity contribution in [3.8, 4) is 16.9 Å². The standard InChI is InChI=1S/C38H38FN11O5/c1-40-28-17-26(46-50-32(19-42-34(28)50)37(54)44-27-16-25(27)39)23-18-43-48(20-23)24-8-5-7-22(15-24)35(52)41-13-4-3-6-21-9-10-29-31(14-21)47(2)38(55)49(29)30-11-12-33(51)45-36(30)53/h5,7-10,14-15,17-20,25,27,30,40H,3-4,6,11-13,16H2,1-2H3,(H,41,52)(H,44,54)(H,45,51,53)/t25-,27+,30?/m0/s1. The molecule has 8 rings (SSSR count). The van der Waals surface area contributed by atoms with Gasteiger partial charge in [0.05, 0.1) is 46.5 Å². The summed E-state index contributed by atoms with van der Waals surface area (Å²) >= 11 is 0. The summed E-state index contributed by atoms with van der Waals surface area (Å²) in [6, 6.07) is 13.4. The summed E-state index contributed by atoms with van der Waals surface area (Å²) in [6.07, 6.45) is 6.80. The van der Waals surface area contributed by atoms with Gasteiger partial charge < -0.3 is 16.0 Å². The minimum absolute atomic E-state index is 0.184. The van der Waals surface area contributed by atoms with Crippen molar-refractivity contribution in [2.75, 3.05) is 18.9 Å². The highest BCUT2D eigenvalue weighted by Gasteiger charge is 2.39. The number of rotatable bonds is 12. The first-order chi connectivity index (χ1) is 26.6. The molecule has 1 saturated heterocycles. The molecule has 4 aromatic heterocycles. The number of nitrogens with one attached hydrogen (secondary N) is 4. The van der Waals surface area contributed by atoms with Crippen LogP contribution in [0.1, 0.15) is 64.6 Å². The highest BCUT2D eigenvalue weighted by Crippen LogP contribution is 2.28. The van der Waals surface area contributed by atoms with Gasteiger partial charge in [-0.15, -0.1) is 0 Å². The quantitative estimate of drug-likeness (QED) is 0.108. The first kappa shape index (κ1) is 35.4. The fraction of sp³-hybridized carbons (Fsp3) is 0.316. The van der Waals surface area contributed by atoms with Crippen molar-refractivity contribution in [2.45, 2.75) is 56.8 Å². The SMILES string of the molecule is CNc1cc(-c2cnn(-c3cccc(C(=O)NCCCCc4ccc5c(c4)n(C)c(=O)n5C4CCC(=O)NC4=O)c3)c2)nn2c(C(=O)N[C@@H]3C[C@@H]3F)cnc12. The number of hydrogen-bond acceptors (Lipinski definition) is 9. The lowest BCUT2D eigenvalue weighted by atomic mass is 10.0. The van der Waals surface area contributed by atoms with E-state index in [-0.39, 0.29) is 36.0 Å². The topological polar surface area (TPSA) is 191 Å². The van der Waals surface area contributed by atoms with Gasteiger partial charge in [-0.3, -0.25) is 33.6 Å². The van der Waals surface area contributed by atoms with Crippen molar-refractivity contribution >= 4 is 46.0 Å². The second-order valence-corrected chi connectivity index (χ2v) is 13.8. The molecule has 2 aromatic carbocycles. The summed E-state index contributed by atoms with van der Waals surface area (Å²) in [7, 11) is 3.41. The van der Waals surface area contributed by atoms with Crippen LogP contribution in [0.25, 0.3) is 33.6 Å². The molecule has 2 fully saturated rings. The first-order valence-corrected chi connectivity index (χ1v) is 18.1. The van der Waals surface area contributed by atoms with Crippen molar-refractivity contribution < 1.29 is 23.6 Å². The number of halogens is 1. The number of hydrogen-bond donors (Lipinski definition) is 4. The molecule has 17 heteroatoms. The van der Waals surface area contributed by atoms with E-state index in [9.17, 15) is 28.4 Å². The van der Waals surface area contributed by atoms with E-state index in [4.69, 9.17) is 0 Å². The van der Waals surface area contributed by atoms with Gasteiger partial charge in [0, 0.05) is 50.8 Å². The number of carbonyl (C=O) groups excluding carboxylic acids is 4. The van der Waals surface area contributed by atoms with Crippen LogP contribution in [0.5, 0.6) is 0 Å². The van der Waals surface area contributed by atoms with Crippen molar-refractivity contribution in [3.63, 3.8) is 0 Å². The van der Waals surface area contributed by atoms with Crippen LogP contribution < -0.4 is 27.0 Å². The molecule has 1 aliphatic heterocycles. The largest absolute Gasteiger partial charge is 0.385 e. The first-order valence-electron chi connectivity index (χ1n) is 18.1. The third-order valence-corrected chi connectivity index (χ3v) is 10.1. The lowest BCUT2D eigenvalue weighted by Crippen LogP contribution is -2.44. The molecule has 4 N–H and O–H groups in total. The van der Waals surface area contributed by atoms with Crippen LogP contribution in [0.3, 0.4) is 0 Å². The van der Waals surface area contributed by atoms with Crippen molar-refractivity contribution in [1.82, 2.24) is 49.5 Å². The van der Waals surface area contributed by atoms with Gasteiger partial charge in [-0.1, -0.05) is 12.1 Å². The zero-order valence-corrected chi connectivity index (χ0v) is 30.1. The molecule has 5 heterocycles. The number of nitrogens with zero attached hydrogens (tertiary/aromatic N) is 7. The number of imide groups is 1. The fourth-order valence-electron chi connectivity index (χ4n) is 6.94. The maximum atomic E-state index is 13.4. The van der Waals surface area contributed by atoms with Crippen LogP contribution in [0.4, 0.5) is 10.1 Å². The third kappa shape index (κ3) is 6.84. The average Bonchev–Trinajstić information content (AvgIpc) is 3.52. The lowest BCUT2D eigenvalue weighted by Gasteiger charge is -2.21. The van der Waals surface area contributed by atoms with Crippen LogP contribution in [-0.4, -0.2) is 82.9 Å². The van der Waals surface area contributed by atoms with Gasteiger partial charge in [-0.05, 0) is 67.6 Å². The van der Waals surface area contributed by atoms with Crippen molar-refractivity contribution in [1.29, 1.82) is 0 Å². The Bertz CT molecular complexity index is 2570. The zero-order chi connectivity index (χ0) is 38.4. The molecular formula is C38H38FN11O5. The number of unbranched alkanes of at least 4 members (excludes halogenated alkanes) is 1. The van der Waals surface area contributed by atoms with Gasteiger partial charge in [-0.2, -0.15) is 10.2 Å². The minimum Gasteiger partial charge on any atom is -0.385 e. The number of aromatic nitrogens is 7. The normalized spacial score (nSPS) is 18.1. The molecule has 4 amide bonds. The predicted octanol–water partition coefficient (Wildman–Crippen LogP) is 2.85. The zero-order valence-electron chi connectivity index (χ0n) is 30.1. The Kier molecular flexibility index (Phi) is 9.20. The molecule has 0 radical (unpaired) electrons. The predicted molar refractivity (Wildman–Crippen MR) is 200 cm³/mol. The summed E-state index contributed by atoms with van der Waals surface area (Å²) in [4.78, 5) is 67.5. The second-order valence-electron chi connectivity index (χ2n) is 13.8. The van der Waals surface area contributed by atoms with Crippen LogP contribution in [0.2, 0.25) is 0 Å². The Labute approximate surface area is 312 Å². The van der Waals surface area contributed by atoms with Crippen LogP contribution in [0.15, 0.2) is 71.9 Å². The maximum Gasteiger partial charge on any atom is 0.329 e. The van der Waals surface area contributed by atoms with E-state index in [1.807, 2.05) is 24.3 Å². The van der Waals surface area contributed by atoms with E-state index < -0.39 is 30.1 Å². The van der Waals surface area contributed by atoms with Gasteiger partial charge in [0.25, 0.3) is 11.8 Å². The molecule has 0 bridgehead atoms. The summed E-state index contributed by atoms with van der Waals surface area (Å²) in [5, 5.41) is 20.2.